The number of nitrogens with zero attached hydrogens (tertiary/aromatic N) is 3. The smallest absolute Gasteiger partial charge is 0.272 e. The molecule has 2 N–H and O–H groups in total. The second-order valence-corrected chi connectivity index (χ2v) is 5.25. The average Bonchev–Trinajstić information content (AvgIpc) is 2.90. The van der Waals surface area contributed by atoms with Crippen molar-refractivity contribution >= 4 is 17.7 Å². The normalized spacial score (nSPS) is 14.4. The summed E-state index contributed by atoms with van der Waals surface area (Å²) in [7, 11) is 1.73. The number of aromatic nitrogens is 2. The number of hydrogen-bond acceptors (Lipinski definition) is 5. The SMILES string of the molecule is Cc1cc(C(=O)NCC(=O)NCC(=O)N2CCOCC2)nn1C. The molecule has 1 aliphatic rings. The van der Waals surface area contributed by atoms with Crippen molar-refractivity contribution < 1.29 is 19.1 Å². The fourth-order valence-corrected chi connectivity index (χ4v) is 2.08. The Labute approximate surface area is 134 Å². The first-order valence-electron chi connectivity index (χ1n) is 7.38. The van der Waals surface area contributed by atoms with Crippen LogP contribution in [-0.2, 0) is 21.4 Å². The maximum Gasteiger partial charge on any atom is 0.272 e. The summed E-state index contributed by atoms with van der Waals surface area (Å²) in [6.07, 6.45) is 0. The number of ether oxygens (including phenoxy) is 1. The van der Waals surface area contributed by atoms with Crippen molar-refractivity contribution in [2.45, 2.75) is 6.92 Å². The first kappa shape index (κ1) is 16.9. The minimum Gasteiger partial charge on any atom is -0.378 e. The summed E-state index contributed by atoms with van der Waals surface area (Å²) >= 11 is 0. The molecule has 1 aromatic rings. The molecule has 9 heteroatoms. The molecule has 2 heterocycles. The van der Waals surface area contributed by atoms with Crippen LogP contribution in [0.25, 0.3) is 0 Å². The molecule has 23 heavy (non-hydrogen) atoms. The van der Waals surface area contributed by atoms with Crippen molar-refractivity contribution in [1.29, 1.82) is 0 Å². The van der Waals surface area contributed by atoms with E-state index in [1.807, 2.05) is 6.92 Å². The molecule has 0 atom stereocenters. The van der Waals surface area contributed by atoms with Crippen LogP contribution in [0.4, 0.5) is 0 Å². The first-order chi connectivity index (χ1) is 11.0. The summed E-state index contributed by atoms with van der Waals surface area (Å²) in [5.41, 5.74) is 1.10. The lowest BCUT2D eigenvalue weighted by molar-refractivity contribution is -0.136. The van der Waals surface area contributed by atoms with Crippen molar-refractivity contribution in [1.82, 2.24) is 25.3 Å². The van der Waals surface area contributed by atoms with Gasteiger partial charge in [-0.3, -0.25) is 19.1 Å². The Bertz CT molecular complexity index is 572. The topological polar surface area (TPSA) is 106 Å². The van der Waals surface area contributed by atoms with Crippen molar-refractivity contribution in [2.24, 2.45) is 7.05 Å². The van der Waals surface area contributed by atoms with Gasteiger partial charge in [-0.1, -0.05) is 0 Å². The Balaban J connectivity index is 1.70. The Morgan fingerprint density at radius 1 is 1.22 bits per heavy atom. The Hall–Kier alpha value is -2.42. The van der Waals surface area contributed by atoms with E-state index < -0.39 is 11.8 Å². The van der Waals surface area contributed by atoms with Gasteiger partial charge in [0.25, 0.3) is 5.91 Å². The van der Waals surface area contributed by atoms with Gasteiger partial charge in [0.1, 0.15) is 5.69 Å². The molecule has 0 unspecified atom stereocenters. The molecule has 9 nitrogen and oxygen atoms in total. The van der Waals surface area contributed by atoms with Gasteiger partial charge in [0.05, 0.1) is 26.3 Å². The molecule has 0 aromatic carbocycles. The number of carbonyl (C=O) groups is 3. The summed E-state index contributed by atoms with van der Waals surface area (Å²) in [5.74, 6) is -1.01. The third-order valence-electron chi connectivity index (χ3n) is 3.56. The molecule has 1 aliphatic heterocycles. The Morgan fingerprint density at radius 3 is 2.52 bits per heavy atom. The van der Waals surface area contributed by atoms with Crippen LogP contribution in [0.3, 0.4) is 0 Å². The second kappa shape index (κ2) is 7.73. The van der Waals surface area contributed by atoms with E-state index >= 15 is 0 Å². The predicted octanol–water partition coefficient (Wildman–Crippen LogP) is -1.57. The monoisotopic (exact) mass is 323 g/mol. The molecular formula is C14H21N5O4. The van der Waals surface area contributed by atoms with Crippen LogP contribution in [-0.4, -0.2) is 71.8 Å². The number of hydrogen-bond donors (Lipinski definition) is 2. The Kier molecular flexibility index (Phi) is 5.69. The van der Waals surface area contributed by atoms with Crippen LogP contribution in [0.1, 0.15) is 16.2 Å². The van der Waals surface area contributed by atoms with E-state index in [0.29, 0.717) is 26.3 Å². The van der Waals surface area contributed by atoms with Gasteiger partial charge in [-0.05, 0) is 13.0 Å². The van der Waals surface area contributed by atoms with Gasteiger partial charge in [0, 0.05) is 25.8 Å². The van der Waals surface area contributed by atoms with Crippen LogP contribution in [0, 0.1) is 6.92 Å². The minimum atomic E-state index is -0.427. The van der Waals surface area contributed by atoms with Crippen molar-refractivity contribution in [3.05, 3.63) is 17.5 Å². The Morgan fingerprint density at radius 2 is 1.91 bits per heavy atom. The lowest BCUT2D eigenvalue weighted by Crippen LogP contribution is -2.47. The van der Waals surface area contributed by atoms with E-state index in [2.05, 4.69) is 15.7 Å². The molecule has 2 rings (SSSR count). The van der Waals surface area contributed by atoms with Gasteiger partial charge in [-0.2, -0.15) is 5.10 Å². The summed E-state index contributed by atoms with van der Waals surface area (Å²) in [6, 6.07) is 1.63. The predicted molar refractivity (Wildman–Crippen MR) is 80.7 cm³/mol. The number of carbonyl (C=O) groups excluding carboxylic acids is 3. The van der Waals surface area contributed by atoms with Gasteiger partial charge >= 0.3 is 0 Å². The molecule has 0 saturated carbocycles. The third-order valence-corrected chi connectivity index (χ3v) is 3.56. The van der Waals surface area contributed by atoms with E-state index in [-0.39, 0.29) is 24.7 Å². The lowest BCUT2D eigenvalue weighted by atomic mass is 10.3. The van der Waals surface area contributed by atoms with Crippen molar-refractivity contribution in [3.8, 4) is 0 Å². The number of amides is 3. The van der Waals surface area contributed by atoms with Crippen LogP contribution in [0.5, 0.6) is 0 Å². The van der Waals surface area contributed by atoms with Crippen LogP contribution < -0.4 is 10.6 Å². The molecule has 0 aliphatic carbocycles. The van der Waals surface area contributed by atoms with E-state index in [4.69, 9.17) is 4.74 Å². The zero-order valence-corrected chi connectivity index (χ0v) is 13.3. The highest BCUT2D eigenvalue weighted by Crippen LogP contribution is 2.00. The first-order valence-corrected chi connectivity index (χ1v) is 7.38. The summed E-state index contributed by atoms with van der Waals surface area (Å²) in [6.45, 7) is 3.63. The summed E-state index contributed by atoms with van der Waals surface area (Å²) in [5, 5.41) is 8.99. The molecule has 1 saturated heterocycles. The molecule has 0 bridgehead atoms. The molecule has 0 spiro atoms. The highest BCUT2D eigenvalue weighted by atomic mass is 16.5. The van der Waals surface area contributed by atoms with Crippen LogP contribution in [0.2, 0.25) is 0 Å². The molecule has 0 radical (unpaired) electrons. The zero-order valence-electron chi connectivity index (χ0n) is 13.3. The van der Waals surface area contributed by atoms with E-state index in [9.17, 15) is 14.4 Å². The average molecular weight is 323 g/mol. The van der Waals surface area contributed by atoms with Crippen molar-refractivity contribution in [2.75, 3.05) is 39.4 Å². The molecular weight excluding hydrogens is 302 g/mol. The van der Waals surface area contributed by atoms with E-state index in [0.717, 1.165) is 5.69 Å². The minimum absolute atomic E-state index is 0.0859. The lowest BCUT2D eigenvalue weighted by Gasteiger charge is -2.26. The number of rotatable bonds is 5. The highest BCUT2D eigenvalue weighted by molar-refractivity contribution is 5.95. The zero-order chi connectivity index (χ0) is 16.8. The van der Waals surface area contributed by atoms with Crippen molar-refractivity contribution in [3.63, 3.8) is 0 Å². The third kappa shape index (κ3) is 4.78. The van der Waals surface area contributed by atoms with Crippen LogP contribution in [0.15, 0.2) is 6.07 Å². The van der Waals surface area contributed by atoms with E-state index in [1.54, 1.807) is 22.7 Å². The molecule has 3 amide bonds. The second-order valence-electron chi connectivity index (χ2n) is 5.25. The van der Waals surface area contributed by atoms with Gasteiger partial charge in [-0.25, -0.2) is 0 Å². The maximum absolute atomic E-state index is 11.9. The number of aryl methyl sites for hydroxylation is 2. The molecule has 1 aromatic heterocycles. The standard InChI is InChI=1S/C14H21N5O4/c1-10-7-11(17-18(10)2)14(22)16-8-12(20)15-9-13(21)19-3-5-23-6-4-19/h7H,3-6,8-9H2,1-2H3,(H,15,20)(H,16,22). The molecule has 1 fully saturated rings. The van der Waals surface area contributed by atoms with E-state index in [1.165, 1.54) is 0 Å². The number of morpholine rings is 1. The fourth-order valence-electron chi connectivity index (χ4n) is 2.08. The van der Waals surface area contributed by atoms with Gasteiger partial charge in [-0.15, -0.1) is 0 Å². The van der Waals surface area contributed by atoms with Gasteiger partial charge in [0.15, 0.2) is 0 Å². The summed E-state index contributed by atoms with van der Waals surface area (Å²) < 4.78 is 6.74. The quantitative estimate of drug-likeness (QED) is 0.681. The van der Waals surface area contributed by atoms with Crippen LogP contribution >= 0.6 is 0 Å². The maximum atomic E-state index is 11.9. The largest absolute Gasteiger partial charge is 0.378 e. The molecule has 126 valence electrons. The fraction of sp³-hybridized carbons (Fsp3) is 0.571. The number of nitrogens with one attached hydrogen (secondary N) is 2. The summed E-state index contributed by atoms with van der Waals surface area (Å²) in [4.78, 5) is 37.0. The van der Waals surface area contributed by atoms with Gasteiger partial charge < -0.3 is 20.3 Å². The van der Waals surface area contributed by atoms with Gasteiger partial charge in [0.2, 0.25) is 11.8 Å². The highest BCUT2D eigenvalue weighted by Gasteiger charge is 2.17.